The first kappa shape index (κ1) is 112. The molecule has 0 aliphatic heterocycles. The van der Waals surface area contributed by atoms with Gasteiger partial charge in [0, 0.05) is 0 Å². The van der Waals surface area contributed by atoms with Crippen LogP contribution in [0.15, 0.2) is 0 Å². The van der Waals surface area contributed by atoms with Gasteiger partial charge in [0.1, 0.15) is 0 Å². The molecule has 0 N–H and O–H groups in total. The van der Waals surface area contributed by atoms with E-state index in [4.69, 9.17) is 0 Å². The molecule has 0 fully saturated rings. The van der Waals surface area contributed by atoms with Crippen LogP contribution < -0.4 is 59.1 Å². The Hall–Kier alpha value is 2.46. The minimum atomic E-state index is 0. The van der Waals surface area contributed by atoms with Crippen molar-refractivity contribution in [2.45, 2.75) is 0 Å². The molecule has 0 rings (SSSR count). The van der Waals surface area contributed by atoms with E-state index >= 15 is 0 Å². The van der Waals surface area contributed by atoms with Crippen molar-refractivity contribution in [2.75, 3.05) is 0 Å². The molecule has 0 atom stereocenters. The summed E-state index contributed by atoms with van der Waals surface area (Å²) < 4.78 is 0. The maximum Gasteiger partial charge on any atom is 8.00 e. The van der Waals surface area contributed by atoms with Gasteiger partial charge >= 0.3 is 78.6 Å². The summed E-state index contributed by atoms with van der Waals surface area (Å²) in [7, 11) is 0. The van der Waals surface area contributed by atoms with E-state index in [9.17, 15) is 0 Å². The molecule has 0 radical (unpaired) electrons. The molecule has 4 nitrogen and oxygen atoms in total. The normalized spacial score (nSPS) is 0. The fraction of sp³-hybridized carbons (Fsp3) is 0. The average Bonchev–Trinajstić information content (AvgIpc) is 0. The molecule has 0 bridgehead atoms. The quantitative estimate of drug-likeness (QED) is 0.354. The Morgan fingerprint density at radius 2 is 0.429 bits per heavy atom. The molecule has 7 heavy (non-hydrogen) atoms. The third-order valence-corrected chi connectivity index (χ3v) is 0. The van der Waals surface area contributed by atoms with Crippen LogP contribution in [0.3, 0.4) is 0 Å². The summed E-state index contributed by atoms with van der Waals surface area (Å²) in [5.74, 6) is 0. The van der Waals surface area contributed by atoms with Crippen LogP contribution in [0, 0.1) is 0 Å². The SMILES string of the molecule is [Na+].[Na+].[O-2].[O-2].[O-2].[O-2].[Ru+8]. The minimum absolute atomic E-state index is 0. The van der Waals surface area contributed by atoms with Crippen molar-refractivity contribution >= 4 is 0 Å². The second kappa shape index (κ2) is 77.7. The molecule has 0 unspecified atom stereocenters. The summed E-state index contributed by atoms with van der Waals surface area (Å²) in [6.45, 7) is 0. The molecule has 7 heteroatoms. The third kappa shape index (κ3) is 58.3. The predicted octanol–water partition coefficient (Wildman–Crippen LogP) is -6.47. The standard InChI is InChI=1S/2Na.4O.Ru/q2*+1;4*-2;+8. The van der Waals surface area contributed by atoms with Crippen molar-refractivity contribution < 1.29 is 100 Å². The van der Waals surface area contributed by atoms with E-state index in [1.807, 2.05) is 0 Å². The molecule has 0 saturated carbocycles. The van der Waals surface area contributed by atoms with Gasteiger partial charge in [-0.3, -0.25) is 0 Å². The zero-order valence-corrected chi connectivity index (χ0v) is 9.72. The zero-order chi connectivity index (χ0) is 0. The van der Waals surface area contributed by atoms with Crippen molar-refractivity contribution in [1.82, 2.24) is 0 Å². The molecule has 0 spiro atoms. The van der Waals surface area contributed by atoms with E-state index in [0.717, 1.165) is 0 Å². The molecule has 0 aliphatic rings. The van der Waals surface area contributed by atoms with Crippen molar-refractivity contribution in [2.24, 2.45) is 0 Å². The fourth-order valence-corrected chi connectivity index (χ4v) is 0. The second-order valence-electron chi connectivity index (χ2n) is 0. The van der Waals surface area contributed by atoms with Gasteiger partial charge in [0.25, 0.3) is 0 Å². The van der Waals surface area contributed by atoms with Crippen molar-refractivity contribution in [3.63, 3.8) is 0 Å². The van der Waals surface area contributed by atoms with Crippen molar-refractivity contribution in [3.8, 4) is 0 Å². The van der Waals surface area contributed by atoms with Crippen LogP contribution in [0.25, 0.3) is 0 Å². The van der Waals surface area contributed by atoms with Crippen LogP contribution in [-0.2, 0) is 41.4 Å². The van der Waals surface area contributed by atoms with E-state index in [0.29, 0.717) is 0 Å². The maximum absolute atomic E-state index is 0. The summed E-state index contributed by atoms with van der Waals surface area (Å²) in [5.41, 5.74) is 0. The average molecular weight is 211 g/mol. The van der Waals surface area contributed by atoms with E-state index in [-0.39, 0.29) is 100 Å². The van der Waals surface area contributed by atoms with Gasteiger partial charge in [-0.1, -0.05) is 0 Å². The van der Waals surface area contributed by atoms with Gasteiger partial charge in [-0.15, -0.1) is 0 Å². The van der Waals surface area contributed by atoms with Crippen LogP contribution >= 0.6 is 0 Å². The van der Waals surface area contributed by atoms with Gasteiger partial charge in [0.2, 0.25) is 0 Å². The van der Waals surface area contributed by atoms with Gasteiger partial charge in [-0.25, -0.2) is 0 Å². The summed E-state index contributed by atoms with van der Waals surface area (Å²) in [5, 5.41) is 0. The van der Waals surface area contributed by atoms with E-state index < -0.39 is 0 Å². The van der Waals surface area contributed by atoms with Crippen LogP contribution in [0.1, 0.15) is 0 Å². The molecule has 0 aromatic rings. The molecule has 0 heterocycles. The van der Waals surface area contributed by atoms with Crippen molar-refractivity contribution in [3.05, 3.63) is 0 Å². The van der Waals surface area contributed by atoms with Gasteiger partial charge < -0.3 is 21.9 Å². The second-order valence-corrected chi connectivity index (χ2v) is 0. The van der Waals surface area contributed by atoms with E-state index in [1.54, 1.807) is 0 Å². The Morgan fingerprint density at radius 1 is 0.429 bits per heavy atom. The Morgan fingerprint density at radius 3 is 0.429 bits per heavy atom. The number of hydrogen-bond acceptors (Lipinski definition) is 0. The first-order valence-corrected chi connectivity index (χ1v) is 0. The number of hydrogen-bond donors (Lipinski definition) is 0. The summed E-state index contributed by atoms with van der Waals surface area (Å²) >= 11 is 0. The number of rotatable bonds is 0. The smallest absolute Gasteiger partial charge is 2.00 e. The molecular weight excluding hydrogens is 211 g/mol. The summed E-state index contributed by atoms with van der Waals surface area (Å²) in [6, 6.07) is 0. The van der Waals surface area contributed by atoms with E-state index in [1.165, 1.54) is 0 Å². The largest absolute Gasteiger partial charge is 8.00 e. The van der Waals surface area contributed by atoms with Crippen LogP contribution in [0.2, 0.25) is 0 Å². The van der Waals surface area contributed by atoms with Gasteiger partial charge in [-0.2, -0.15) is 0 Å². The zero-order valence-electron chi connectivity index (χ0n) is 3.99. The van der Waals surface area contributed by atoms with Crippen molar-refractivity contribution in [1.29, 1.82) is 0 Å². The minimum Gasteiger partial charge on any atom is -2.00 e. The van der Waals surface area contributed by atoms with Gasteiger partial charge in [0.15, 0.2) is 0 Å². The Bertz CT molecular complexity index is 9.65. The van der Waals surface area contributed by atoms with E-state index in [2.05, 4.69) is 0 Å². The first-order chi connectivity index (χ1) is 0. The fourth-order valence-electron chi connectivity index (χ4n) is 0. The molecule has 32 valence electrons. The van der Waals surface area contributed by atoms with Gasteiger partial charge in [0.05, 0.1) is 0 Å². The third-order valence-electron chi connectivity index (χ3n) is 0. The monoisotopic (exact) mass is 212 g/mol. The van der Waals surface area contributed by atoms with Crippen LogP contribution in [-0.4, -0.2) is 0 Å². The summed E-state index contributed by atoms with van der Waals surface area (Å²) in [4.78, 5) is 0. The Kier molecular flexibility index (Phi) is 1240. The summed E-state index contributed by atoms with van der Waals surface area (Å²) in [6.07, 6.45) is 0. The van der Waals surface area contributed by atoms with Crippen LogP contribution in [0.4, 0.5) is 0 Å². The topological polar surface area (TPSA) is 114 Å². The predicted molar refractivity (Wildman–Crippen MR) is 2.75 cm³/mol. The molecular formula is Na2O4Ru+2. The first-order valence-electron chi connectivity index (χ1n) is 0. The maximum atomic E-state index is 0. The Balaban J connectivity index is 0. The molecule has 0 amide bonds. The van der Waals surface area contributed by atoms with Gasteiger partial charge in [-0.05, 0) is 0 Å². The Labute approximate surface area is 99.0 Å². The molecule has 0 aromatic heterocycles. The molecule has 0 aromatic carbocycles. The molecule has 0 aliphatic carbocycles. The van der Waals surface area contributed by atoms with Crippen LogP contribution in [0.5, 0.6) is 0 Å². The molecule has 0 saturated heterocycles.